The second-order valence-electron chi connectivity index (χ2n) is 9.43. The average Bonchev–Trinajstić information content (AvgIpc) is 2.91. The Hall–Kier alpha value is -5.02. The minimum absolute atomic E-state index is 0.187. The number of carbonyl (C=O) groups is 8. The number of aldehydes is 1. The molecule has 0 saturated carbocycles. The molecular weight excluding hydrogens is 560 g/mol. The quantitative estimate of drug-likeness (QED) is 0.105. The number of amides is 4. The average molecular weight is 595 g/mol. The minimum Gasteiger partial charge on any atom is -0.481 e. The fourth-order valence-corrected chi connectivity index (χ4v) is 3.48. The van der Waals surface area contributed by atoms with E-state index in [9.17, 15) is 43.5 Å². The molecule has 1 rings (SSSR count). The molecule has 16 nitrogen and oxygen atoms in total. The summed E-state index contributed by atoms with van der Waals surface area (Å²) < 4.78 is 5.01. The van der Waals surface area contributed by atoms with E-state index in [2.05, 4.69) is 21.3 Å². The largest absolute Gasteiger partial charge is 0.481 e. The number of rotatable bonds is 18. The summed E-state index contributed by atoms with van der Waals surface area (Å²) >= 11 is 0. The number of nitrogens with one attached hydrogen (secondary N) is 4. The highest BCUT2D eigenvalue weighted by Gasteiger charge is 2.33. The standard InChI is InChI=1S/C26H34N4O12/c1-14(2)22(25(40)27-16(12-31)10-20(34)35)30-23(38)17(8-9-19(32)33)28-24(39)18(11-21(36)37)29-26(41)42-13-15-6-4-3-5-7-15/h3-7,12,14,16-18,22H,8-11,13H2,1-2H3,(H,27,40)(H,28,39)(H,29,41)(H,30,38)(H,32,33)(H,34,35)(H,36,37)/t16-,17-,18-,22-/m0/s1. The van der Waals surface area contributed by atoms with Crippen LogP contribution in [0, 0.1) is 5.92 Å². The number of carboxylic acids is 3. The maximum Gasteiger partial charge on any atom is 0.408 e. The van der Waals surface area contributed by atoms with Crippen LogP contribution in [0.25, 0.3) is 0 Å². The van der Waals surface area contributed by atoms with Gasteiger partial charge in [-0.1, -0.05) is 44.2 Å². The fraction of sp³-hybridized carbons (Fsp3) is 0.462. The smallest absolute Gasteiger partial charge is 0.408 e. The van der Waals surface area contributed by atoms with Gasteiger partial charge >= 0.3 is 24.0 Å². The molecule has 0 spiro atoms. The molecule has 0 aliphatic rings. The Bertz CT molecular complexity index is 1140. The number of benzene rings is 1. The maximum absolute atomic E-state index is 13.1. The molecule has 4 atom stereocenters. The van der Waals surface area contributed by atoms with Crippen LogP contribution in [0.5, 0.6) is 0 Å². The van der Waals surface area contributed by atoms with Crippen molar-refractivity contribution in [1.29, 1.82) is 0 Å². The molecule has 0 aliphatic heterocycles. The van der Waals surface area contributed by atoms with Gasteiger partial charge < -0.3 is 46.1 Å². The number of carbonyl (C=O) groups excluding carboxylic acids is 5. The SMILES string of the molecule is CC(C)[C@H](NC(=O)[C@H](CCC(=O)O)NC(=O)[C@H](CC(=O)O)NC(=O)OCc1ccccc1)C(=O)N[C@H](C=O)CC(=O)O. The summed E-state index contributed by atoms with van der Waals surface area (Å²) in [6.07, 6.45) is -3.63. The molecule has 0 bridgehead atoms. The summed E-state index contributed by atoms with van der Waals surface area (Å²) in [7, 11) is 0. The van der Waals surface area contributed by atoms with Crippen molar-refractivity contribution in [3.63, 3.8) is 0 Å². The Labute approximate surface area is 240 Å². The second kappa shape index (κ2) is 17.6. The zero-order valence-corrected chi connectivity index (χ0v) is 22.9. The Morgan fingerprint density at radius 2 is 1.36 bits per heavy atom. The lowest BCUT2D eigenvalue weighted by molar-refractivity contribution is -0.141. The Kier molecular flexibility index (Phi) is 14.7. The second-order valence-corrected chi connectivity index (χ2v) is 9.43. The molecule has 230 valence electrons. The molecule has 4 amide bonds. The number of alkyl carbamates (subject to hydrolysis) is 1. The van der Waals surface area contributed by atoms with Crippen LogP contribution in [0.2, 0.25) is 0 Å². The van der Waals surface area contributed by atoms with Crippen LogP contribution < -0.4 is 21.3 Å². The summed E-state index contributed by atoms with van der Waals surface area (Å²) in [5.74, 6) is -7.86. The van der Waals surface area contributed by atoms with E-state index >= 15 is 0 Å². The van der Waals surface area contributed by atoms with Crippen LogP contribution in [-0.4, -0.2) is 87.5 Å². The van der Waals surface area contributed by atoms with Crippen molar-refractivity contribution in [1.82, 2.24) is 21.3 Å². The Morgan fingerprint density at radius 3 is 1.88 bits per heavy atom. The van der Waals surface area contributed by atoms with E-state index in [1.54, 1.807) is 30.3 Å². The van der Waals surface area contributed by atoms with Crippen molar-refractivity contribution in [2.75, 3.05) is 0 Å². The lowest BCUT2D eigenvalue weighted by Crippen LogP contribution is -2.58. The topological polar surface area (TPSA) is 255 Å². The van der Waals surface area contributed by atoms with Crippen molar-refractivity contribution in [3.05, 3.63) is 35.9 Å². The zero-order valence-electron chi connectivity index (χ0n) is 22.9. The highest BCUT2D eigenvalue weighted by atomic mass is 16.5. The number of ether oxygens (including phenoxy) is 1. The summed E-state index contributed by atoms with van der Waals surface area (Å²) in [4.78, 5) is 95.6. The van der Waals surface area contributed by atoms with Gasteiger partial charge in [0.15, 0.2) is 0 Å². The van der Waals surface area contributed by atoms with E-state index in [1.165, 1.54) is 13.8 Å². The lowest BCUT2D eigenvalue weighted by Gasteiger charge is -2.27. The summed E-state index contributed by atoms with van der Waals surface area (Å²) in [6, 6.07) is 2.42. The molecule has 0 unspecified atom stereocenters. The summed E-state index contributed by atoms with van der Waals surface area (Å²) in [6.45, 7) is 2.86. The first-order chi connectivity index (χ1) is 19.7. The van der Waals surface area contributed by atoms with Gasteiger partial charge in [-0.05, 0) is 17.9 Å². The van der Waals surface area contributed by atoms with Gasteiger partial charge in [-0.2, -0.15) is 0 Å². The summed E-state index contributed by atoms with van der Waals surface area (Å²) in [5, 5.41) is 36.0. The molecular formula is C26H34N4O12. The van der Waals surface area contributed by atoms with Gasteiger partial charge in [0.2, 0.25) is 17.7 Å². The molecule has 0 fully saturated rings. The van der Waals surface area contributed by atoms with Crippen LogP contribution in [0.1, 0.15) is 45.1 Å². The van der Waals surface area contributed by atoms with Gasteiger partial charge in [-0.3, -0.25) is 28.8 Å². The fourth-order valence-electron chi connectivity index (χ4n) is 3.48. The van der Waals surface area contributed by atoms with E-state index < -0.39 is 97.5 Å². The van der Waals surface area contributed by atoms with Gasteiger partial charge in [-0.25, -0.2) is 4.79 Å². The highest BCUT2D eigenvalue weighted by Crippen LogP contribution is 2.08. The van der Waals surface area contributed by atoms with E-state index in [-0.39, 0.29) is 12.9 Å². The van der Waals surface area contributed by atoms with Crippen molar-refractivity contribution < 1.29 is 58.4 Å². The van der Waals surface area contributed by atoms with E-state index in [1.807, 2.05) is 0 Å². The van der Waals surface area contributed by atoms with Gasteiger partial charge in [0, 0.05) is 6.42 Å². The maximum atomic E-state index is 13.1. The van der Waals surface area contributed by atoms with Crippen molar-refractivity contribution >= 4 is 48.0 Å². The first kappa shape index (κ1) is 35.0. The molecule has 0 saturated heterocycles. The Balaban J connectivity index is 3.03. The molecule has 16 heteroatoms. The van der Waals surface area contributed by atoms with E-state index in [4.69, 9.17) is 14.9 Å². The number of hydrogen-bond donors (Lipinski definition) is 7. The lowest BCUT2D eigenvalue weighted by atomic mass is 10.0. The van der Waals surface area contributed by atoms with Gasteiger partial charge in [-0.15, -0.1) is 0 Å². The van der Waals surface area contributed by atoms with Gasteiger partial charge in [0.25, 0.3) is 0 Å². The van der Waals surface area contributed by atoms with E-state index in [0.717, 1.165) is 0 Å². The van der Waals surface area contributed by atoms with E-state index in [0.29, 0.717) is 5.56 Å². The van der Waals surface area contributed by atoms with Gasteiger partial charge in [0.1, 0.15) is 31.0 Å². The molecule has 0 heterocycles. The monoisotopic (exact) mass is 594 g/mol. The Morgan fingerprint density at radius 1 is 0.762 bits per heavy atom. The number of carboxylic acid groups (broad SMARTS) is 3. The molecule has 0 aromatic heterocycles. The molecule has 7 N–H and O–H groups in total. The van der Waals surface area contributed by atoms with Crippen molar-refractivity contribution in [3.8, 4) is 0 Å². The third-order valence-corrected chi connectivity index (χ3v) is 5.61. The van der Waals surface area contributed by atoms with Crippen LogP contribution in [0.15, 0.2) is 30.3 Å². The molecule has 0 aliphatic carbocycles. The van der Waals surface area contributed by atoms with Crippen LogP contribution in [-0.2, 0) is 44.9 Å². The van der Waals surface area contributed by atoms with Gasteiger partial charge in [0.05, 0.1) is 18.9 Å². The van der Waals surface area contributed by atoms with Crippen LogP contribution >= 0.6 is 0 Å². The van der Waals surface area contributed by atoms with Crippen LogP contribution in [0.4, 0.5) is 4.79 Å². The molecule has 42 heavy (non-hydrogen) atoms. The number of aliphatic carboxylic acids is 3. The van der Waals surface area contributed by atoms with Crippen molar-refractivity contribution in [2.45, 2.75) is 70.3 Å². The molecule has 1 aromatic rings. The van der Waals surface area contributed by atoms with Crippen molar-refractivity contribution in [2.24, 2.45) is 5.92 Å². The third-order valence-electron chi connectivity index (χ3n) is 5.61. The normalized spacial score (nSPS) is 13.4. The third kappa shape index (κ3) is 13.4. The minimum atomic E-state index is -1.72. The molecule has 0 radical (unpaired) electrons. The zero-order chi connectivity index (χ0) is 31.8. The highest BCUT2D eigenvalue weighted by molar-refractivity contribution is 5.95. The summed E-state index contributed by atoms with van der Waals surface area (Å²) in [5.41, 5.74) is 0.614. The first-order valence-electron chi connectivity index (χ1n) is 12.7. The molecule has 1 aromatic carbocycles. The number of hydrogen-bond acceptors (Lipinski definition) is 9. The predicted molar refractivity (Wildman–Crippen MR) is 142 cm³/mol. The predicted octanol–water partition coefficient (Wildman–Crippen LogP) is -0.595. The van der Waals surface area contributed by atoms with Crippen LogP contribution in [0.3, 0.4) is 0 Å². The first-order valence-corrected chi connectivity index (χ1v) is 12.7.